The van der Waals surface area contributed by atoms with E-state index in [9.17, 15) is 4.79 Å². The first-order chi connectivity index (χ1) is 8.60. The molecule has 1 aliphatic rings. The fourth-order valence-electron chi connectivity index (χ4n) is 2.27. The molecule has 3 atom stereocenters. The van der Waals surface area contributed by atoms with Crippen molar-refractivity contribution >= 4 is 5.91 Å². The molecule has 2 N–H and O–H groups in total. The zero-order valence-corrected chi connectivity index (χ0v) is 12.0. The molecular formula is C14H28N2O2. The number of amides is 1. The lowest BCUT2D eigenvalue weighted by atomic mass is 9.97. The van der Waals surface area contributed by atoms with Gasteiger partial charge < -0.3 is 15.4 Å². The van der Waals surface area contributed by atoms with Crippen LogP contribution >= 0.6 is 0 Å². The molecule has 0 spiro atoms. The lowest BCUT2D eigenvalue weighted by Crippen LogP contribution is -2.51. The standard InChI is InChI=1S/C14H28N2O2/c1-4-9-18-12-7-6-8-16(10-12)14(17)13(15)11(3)5-2/h11-13H,4-10,15H2,1-3H3/t11?,12?,13-/m0/s1. The van der Waals surface area contributed by atoms with E-state index in [-0.39, 0.29) is 24.0 Å². The molecule has 1 saturated heterocycles. The highest BCUT2D eigenvalue weighted by Crippen LogP contribution is 2.16. The molecule has 106 valence electrons. The van der Waals surface area contributed by atoms with E-state index in [0.29, 0.717) is 6.54 Å². The third kappa shape index (κ3) is 4.25. The second-order valence-electron chi connectivity index (χ2n) is 5.33. The van der Waals surface area contributed by atoms with Gasteiger partial charge in [0.25, 0.3) is 0 Å². The smallest absolute Gasteiger partial charge is 0.239 e. The van der Waals surface area contributed by atoms with Crippen molar-refractivity contribution in [3.05, 3.63) is 0 Å². The van der Waals surface area contributed by atoms with Crippen molar-refractivity contribution in [2.75, 3.05) is 19.7 Å². The number of ether oxygens (including phenoxy) is 1. The summed E-state index contributed by atoms with van der Waals surface area (Å²) < 4.78 is 5.74. The molecule has 0 aromatic rings. The highest BCUT2D eigenvalue weighted by Gasteiger charge is 2.29. The topological polar surface area (TPSA) is 55.6 Å². The predicted octanol–water partition coefficient (Wildman–Crippen LogP) is 1.78. The van der Waals surface area contributed by atoms with Crippen LogP contribution < -0.4 is 5.73 Å². The van der Waals surface area contributed by atoms with Crippen molar-refractivity contribution in [3.63, 3.8) is 0 Å². The number of likely N-dealkylation sites (tertiary alicyclic amines) is 1. The first-order valence-electron chi connectivity index (χ1n) is 7.26. The summed E-state index contributed by atoms with van der Waals surface area (Å²) >= 11 is 0. The number of hydrogen-bond acceptors (Lipinski definition) is 3. The van der Waals surface area contributed by atoms with E-state index in [1.807, 2.05) is 11.8 Å². The molecule has 4 heteroatoms. The van der Waals surface area contributed by atoms with Crippen molar-refractivity contribution < 1.29 is 9.53 Å². The SMILES string of the molecule is CCCOC1CCCN(C(=O)[C@@H](N)C(C)CC)C1. The maximum absolute atomic E-state index is 12.3. The van der Waals surface area contributed by atoms with E-state index in [4.69, 9.17) is 10.5 Å². The summed E-state index contributed by atoms with van der Waals surface area (Å²) in [6.45, 7) is 8.53. The van der Waals surface area contributed by atoms with Gasteiger partial charge in [0.2, 0.25) is 5.91 Å². The molecule has 18 heavy (non-hydrogen) atoms. The molecule has 1 heterocycles. The molecule has 1 rings (SSSR count). The van der Waals surface area contributed by atoms with Crippen LogP contribution in [-0.4, -0.2) is 42.6 Å². The maximum Gasteiger partial charge on any atom is 0.239 e. The molecule has 1 fully saturated rings. The van der Waals surface area contributed by atoms with Gasteiger partial charge in [-0.3, -0.25) is 4.79 Å². The normalized spacial score (nSPS) is 23.8. The Hall–Kier alpha value is -0.610. The molecule has 0 aliphatic carbocycles. The van der Waals surface area contributed by atoms with Gasteiger partial charge in [-0.1, -0.05) is 27.2 Å². The Morgan fingerprint density at radius 1 is 1.50 bits per heavy atom. The van der Waals surface area contributed by atoms with Crippen LogP contribution in [0.1, 0.15) is 46.5 Å². The average molecular weight is 256 g/mol. The number of piperidine rings is 1. The largest absolute Gasteiger partial charge is 0.376 e. The Kier molecular flexibility index (Phi) is 6.65. The molecule has 4 nitrogen and oxygen atoms in total. The third-order valence-corrected chi connectivity index (χ3v) is 3.79. The van der Waals surface area contributed by atoms with Crippen molar-refractivity contribution in [2.45, 2.75) is 58.6 Å². The molecule has 2 unspecified atom stereocenters. The van der Waals surface area contributed by atoms with Crippen LogP contribution in [0.2, 0.25) is 0 Å². The van der Waals surface area contributed by atoms with Gasteiger partial charge in [-0.25, -0.2) is 0 Å². The summed E-state index contributed by atoms with van der Waals surface area (Å²) in [6, 6.07) is -0.361. The summed E-state index contributed by atoms with van der Waals surface area (Å²) in [5, 5.41) is 0. The molecule has 0 saturated carbocycles. The first kappa shape index (κ1) is 15.4. The number of nitrogens with zero attached hydrogens (tertiary/aromatic N) is 1. The van der Waals surface area contributed by atoms with Crippen LogP contribution in [0.25, 0.3) is 0 Å². The Morgan fingerprint density at radius 2 is 2.22 bits per heavy atom. The maximum atomic E-state index is 12.3. The lowest BCUT2D eigenvalue weighted by Gasteiger charge is -2.35. The van der Waals surface area contributed by atoms with Crippen molar-refractivity contribution in [1.82, 2.24) is 4.90 Å². The van der Waals surface area contributed by atoms with Crippen LogP contribution in [0.3, 0.4) is 0 Å². The summed E-state index contributed by atoms with van der Waals surface area (Å²) in [4.78, 5) is 14.2. The quantitative estimate of drug-likeness (QED) is 0.788. The summed E-state index contributed by atoms with van der Waals surface area (Å²) in [7, 11) is 0. The molecule has 1 amide bonds. The van der Waals surface area contributed by atoms with Crippen molar-refractivity contribution in [3.8, 4) is 0 Å². The summed E-state index contributed by atoms with van der Waals surface area (Å²) in [5.41, 5.74) is 6.02. The van der Waals surface area contributed by atoms with Gasteiger partial charge in [-0.05, 0) is 25.2 Å². The Labute approximate surface area is 111 Å². The predicted molar refractivity (Wildman–Crippen MR) is 73.3 cm³/mol. The molecule has 0 aromatic carbocycles. The Balaban J connectivity index is 2.47. The van der Waals surface area contributed by atoms with E-state index >= 15 is 0 Å². The Bertz CT molecular complexity index is 258. The number of hydrogen-bond donors (Lipinski definition) is 1. The van der Waals surface area contributed by atoms with Crippen LogP contribution in [-0.2, 0) is 9.53 Å². The van der Waals surface area contributed by atoms with Gasteiger partial charge in [-0.2, -0.15) is 0 Å². The molecule has 0 radical (unpaired) electrons. The van der Waals surface area contributed by atoms with Crippen molar-refractivity contribution in [2.24, 2.45) is 11.7 Å². The number of carbonyl (C=O) groups excluding carboxylic acids is 1. The van der Waals surface area contributed by atoms with E-state index in [1.165, 1.54) is 0 Å². The molecular weight excluding hydrogens is 228 g/mol. The van der Waals surface area contributed by atoms with Crippen LogP contribution in [0.5, 0.6) is 0 Å². The van der Waals surface area contributed by atoms with Crippen LogP contribution in [0.4, 0.5) is 0 Å². The second kappa shape index (κ2) is 7.74. The monoisotopic (exact) mass is 256 g/mol. The van der Waals surface area contributed by atoms with E-state index < -0.39 is 0 Å². The van der Waals surface area contributed by atoms with Gasteiger partial charge in [0.1, 0.15) is 0 Å². The van der Waals surface area contributed by atoms with Crippen LogP contribution in [0, 0.1) is 5.92 Å². The number of carbonyl (C=O) groups is 1. The van der Waals surface area contributed by atoms with Gasteiger partial charge >= 0.3 is 0 Å². The summed E-state index contributed by atoms with van der Waals surface area (Å²) in [6.07, 6.45) is 4.25. The number of rotatable bonds is 6. The third-order valence-electron chi connectivity index (χ3n) is 3.79. The molecule has 0 bridgehead atoms. The minimum absolute atomic E-state index is 0.0918. The average Bonchev–Trinajstić information content (AvgIpc) is 2.42. The zero-order valence-electron chi connectivity index (χ0n) is 12.0. The highest BCUT2D eigenvalue weighted by molar-refractivity contribution is 5.82. The van der Waals surface area contributed by atoms with Gasteiger partial charge in [0.05, 0.1) is 12.1 Å². The molecule has 0 aromatic heterocycles. The van der Waals surface area contributed by atoms with Crippen LogP contribution in [0.15, 0.2) is 0 Å². The lowest BCUT2D eigenvalue weighted by molar-refractivity contribution is -0.137. The Morgan fingerprint density at radius 3 is 2.83 bits per heavy atom. The second-order valence-corrected chi connectivity index (χ2v) is 5.33. The number of nitrogens with two attached hydrogens (primary N) is 1. The fraction of sp³-hybridized carbons (Fsp3) is 0.929. The summed E-state index contributed by atoms with van der Waals surface area (Å²) in [5.74, 6) is 0.337. The highest BCUT2D eigenvalue weighted by atomic mass is 16.5. The van der Waals surface area contributed by atoms with Gasteiger partial charge in [-0.15, -0.1) is 0 Å². The molecule has 1 aliphatic heterocycles. The van der Waals surface area contributed by atoms with Gasteiger partial charge in [0, 0.05) is 19.7 Å². The van der Waals surface area contributed by atoms with E-state index in [2.05, 4.69) is 13.8 Å². The minimum Gasteiger partial charge on any atom is -0.376 e. The van der Waals surface area contributed by atoms with Gasteiger partial charge in [0.15, 0.2) is 0 Å². The fourth-order valence-corrected chi connectivity index (χ4v) is 2.27. The van der Waals surface area contributed by atoms with E-state index in [1.54, 1.807) is 0 Å². The zero-order chi connectivity index (χ0) is 13.5. The van der Waals surface area contributed by atoms with E-state index in [0.717, 1.165) is 38.8 Å². The van der Waals surface area contributed by atoms with Crippen molar-refractivity contribution in [1.29, 1.82) is 0 Å². The minimum atomic E-state index is -0.361. The first-order valence-corrected chi connectivity index (χ1v) is 7.26.